The minimum absolute atomic E-state index is 0.299. The molecule has 0 aromatic heterocycles. The molecule has 28 heavy (non-hydrogen) atoms. The number of carbonyl (C=O) groups is 1. The molecule has 2 aromatic rings. The van der Waals surface area contributed by atoms with Gasteiger partial charge in [0.15, 0.2) is 0 Å². The smallest absolute Gasteiger partial charge is 0.246 e. The maximum Gasteiger partial charge on any atom is 0.246 e. The van der Waals surface area contributed by atoms with E-state index in [2.05, 4.69) is 0 Å². The molecule has 2 rings (SSSR count). The maximum absolute atomic E-state index is 13.0. The summed E-state index contributed by atoms with van der Waals surface area (Å²) < 4.78 is 36.4. The fourth-order valence-corrected chi connectivity index (χ4v) is 4.19. The van der Waals surface area contributed by atoms with Crippen molar-refractivity contribution in [1.29, 1.82) is 0 Å². The van der Waals surface area contributed by atoms with Gasteiger partial charge in [0.05, 0.1) is 26.2 Å². The van der Waals surface area contributed by atoms with E-state index in [9.17, 15) is 13.2 Å². The predicted molar refractivity (Wildman–Crippen MR) is 109 cm³/mol. The Kier molecular flexibility index (Phi) is 6.90. The predicted octanol–water partition coefficient (Wildman–Crippen LogP) is 2.52. The number of amides is 1. The highest BCUT2D eigenvalue weighted by molar-refractivity contribution is 7.92. The van der Waals surface area contributed by atoms with Crippen LogP contribution in [-0.2, 0) is 21.4 Å². The van der Waals surface area contributed by atoms with Gasteiger partial charge in [-0.25, -0.2) is 8.42 Å². The molecule has 0 radical (unpaired) electrons. The zero-order valence-corrected chi connectivity index (χ0v) is 17.6. The Hall–Kier alpha value is -2.74. The number of ether oxygens (including phenoxy) is 2. The lowest BCUT2D eigenvalue weighted by atomic mass is 10.1. The highest BCUT2D eigenvalue weighted by Gasteiger charge is 2.31. The molecule has 1 amide bonds. The zero-order valence-electron chi connectivity index (χ0n) is 16.7. The van der Waals surface area contributed by atoms with Crippen molar-refractivity contribution in [3.8, 4) is 11.5 Å². The van der Waals surface area contributed by atoms with E-state index in [1.54, 1.807) is 45.3 Å². The van der Waals surface area contributed by atoms with Crippen LogP contribution in [0.4, 0.5) is 5.69 Å². The number of nitrogens with zero attached hydrogens (tertiary/aromatic N) is 2. The second kappa shape index (κ2) is 8.97. The van der Waals surface area contributed by atoms with Crippen molar-refractivity contribution < 1.29 is 22.7 Å². The monoisotopic (exact) mass is 406 g/mol. The summed E-state index contributed by atoms with van der Waals surface area (Å²) in [6.07, 6.45) is 1.08. The van der Waals surface area contributed by atoms with E-state index in [1.165, 1.54) is 12.0 Å². The number of rotatable bonds is 8. The average Bonchev–Trinajstić information content (AvgIpc) is 2.67. The maximum atomic E-state index is 13.0. The van der Waals surface area contributed by atoms with Gasteiger partial charge in [-0.05, 0) is 37.3 Å². The zero-order chi connectivity index (χ0) is 20.9. The number of hydrogen-bond donors (Lipinski definition) is 0. The van der Waals surface area contributed by atoms with E-state index in [0.29, 0.717) is 23.7 Å². The van der Waals surface area contributed by atoms with Crippen LogP contribution in [0.25, 0.3) is 0 Å². The Labute approximate surface area is 166 Å². The van der Waals surface area contributed by atoms with Crippen LogP contribution in [0.15, 0.2) is 48.5 Å². The molecule has 152 valence electrons. The second-order valence-corrected chi connectivity index (χ2v) is 8.30. The SMILES string of the molecule is COc1ccc(N([C@@H](C)C(=O)N(C)Cc2ccccc2OC)S(C)(=O)=O)cc1. The lowest BCUT2D eigenvalue weighted by Gasteiger charge is -2.31. The Morgan fingerprint density at radius 2 is 1.64 bits per heavy atom. The van der Waals surface area contributed by atoms with E-state index in [1.807, 2.05) is 24.3 Å². The standard InChI is InChI=1S/C20H26N2O5S/c1-15(20(23)21(2)14-16-8-6-7-9-19(16)27-4)22(28(5,24)25)17-10-12-18(26-3)13-11-17/h6-13,15H,14H2,1-5H3/t15-/m0/s1. The molecule has 2 aromatic carbocycles. The van der Waals surface area contributed by atoms with Crippen LogP contribution in [0.5, 0.6) is 11.5 Å². The van der Waals surface area contributed by atoms with E-state index in [-0.39, 0.29) is 5.91 Å². The normalized spacial score (nSPS) is 12.2. The van der Waals surface area contributed by atoms with Gasteiger partial charge in [0.25, 0.3) is 0 Å². The van der Waals surface area contributed by atoms with Crippen molar-refractivity contribution >= 4 is 21.6 Å². The van der Waals surface area contributed by atoms with Crippen LogP contribution in [-0.4, -0.2) is 52.8 Å². The van der Waals surface area contributed by atoms with E-state index < -0.39 is 16.1 Å². The largest absolute Gasteiger partial charge is 0.497 e. The topological polar surface area (TPSA) is 76.2 Å². The van der Waals surface area contributed by atoms with E-state index in [4.69, 9.17) is 9.47 Å². The number of likely N-dealkylation sites (N-methyl/N-ethyl adjacent to an activating group) is 1. The first-order valence-corrected chi connectivity index (χ1v) is 10.5. The summed E-state index contributed by atoms with van der Waals surface area (Å²) in [4.78, 5) is 14.5. The first-order chi connectivity index (χ1) is 13.2. The molecule has 0 saturated carbocycles. The molecular formula is C20H26N2O5S. The fourth-order valence-electron chi connectivity index (χ4n) is 3.02. The van der Waals surface area contributed by atoms with Crippen molar-refractivity contribution in [2.45, 2.75) is 19.5 Å². The Balaban J connectivity index is 2.27. The molecular weight excluding hydrogens is 380 g/mol. The molecule has 0 fully saturated rings. The number of methoxy groups -OCH3 is 2. The highest BCUT2D eigenvalue weighted by atomic mass is 32.2. The van der Waals surface area contributed by atoms with Crippen LogP contribution >= 0.6 is 0 Å². The van der Waals surface area contributed by atoms with Gasteiger partial charge in [0.1, 0.15) is 17.5 Å². The first kappa shape index (κ1) is 21.6. The molecule has 1 atom stereocenters. The molecule has 8 heteroatoms. The minimum atomic E-state index is -3.68. The molecule has 0 aliphatic heterocycles. The molecule has 0 spiro atoms. The van der Waals surface area contributed by atoms with Gasteiger partial charge in [-0.1, -0.05) is 18.2 Å². The number of hydrogen-bond acceptors (Lipinski definition) is 5. The van der Waals surface area contributed by atoms with E-state index in [0.717, 1.165) is 16.1 Å². The average molecular weight is 407 g/mol. The number of para-hydroxylation sites is 1. The van der Waals surface area contributed by atoms with Crippen LogP contribution in [0, 0.1) is 0 Å². The summed E-state index contributed by atoms with van der Waals surface area (Å²) in [6.45, 7) is 1.87. The van der Waals surface area contributed by atoms with Crippen molar-refractivity contribution in [3.05, 3.63) is 54.1 Å². The fraction of sp³-hybridized carbons (Fsp3) is 0.350. The lowest BCUT2D eigenvalue weighted by molar-refractivity contribution is -0.131. The highest BCUT2D eigenvalue weighted by Crippen LogP contribution is 2.25. The van der Waals surface area contributed by atoms with Gasteiger partial charge in [-0.15, -0.1) is 0 Å². The summed E-state index contributed by atoms with van der Waals surface area (Å²) in [5, 5.41) is 0. The Morgan fingerprint density at radius 3 is 2.18 bits per heavy atom. The first-order valence-electron chi connectivity index (χ1n) is 8.69. The van der Waals surface area contributed by atoms with Crippen LogP contribution < -0.4 is 13.8 Å². The summed E-state index contributed by atoms with van der Waals surface area (Å²) in [5.41, 5.74) is 1.23. The Morgan fingerprint density at radius 1 is 1.04 bits per heavy atom. The third-order valence-corrected chi connectivity index (χ3v) is 5.61. The molecule has 0 heterocycles. The van der Waals surface area contributed by atoms with Gasteiger partial charge >= 0.3 is 0 Å². The molecule has 0 bridgehead atoms. The quantitative estimate of drug-likeness (QED) is 0.673. The summed E-state index contributed by atoms with van der Waals surface area (Å²) >= 11 is 0. The van der Waals surface area contributed by atoms with Gasteiger partial charge in [-0.2, -0.15) is 0 Å². The minimum Gasteiger partial charge on any atom is -0.497 e. The van der Waals surface area contributed by atoms with Crippen LogP contribution in [0.2, 0.25) is 0 Å². The van der Waals surface area contributed by atoms with Crippen molar-refractivity contribution in [2.24, 2.45) is 0 Å². The third kappa shape index (κ3) is 4.95. The summed E-state index contributed by atoms with van der Waals surface area (Å²) in [7, 11) is 1.06. The molecule has 0 N–H and O–H groups in total. The molecule has 0 aliphatic carbocycles. The van der Waals surface area contributed by atoms with Crippen LogP contribution in [0.3, 0.4) is 0 Å². The third-order valence-electron chi connectivity index (χ3n) is 4.37. The molecule has 0 saturated heterocycles. The lowest BCUT2D eigenvalue weighted by Crippen LogP contribution is -2.48. The number of carbonyl (C=O) groups excluding carboxylic acids is 1. The van der Waals surface area contributed by atoms with Gasteiger partial charge in [-0.3, -0.25) is 9.10 Å². The van der Waals surface area contributed by atoms with Crippen molar-refractivity contribution in [2.75, 3.05) is 31.8 Å². The van der Waals surface area contributed by atoms with Gasteiger partial charge in [0, 0.05) is 19.2 Å². The number of anilines is 1. The second-order valence-electron chi connectivity index (χ2n) is 6.44. The molecule has 0 aliphatic rings. The van der Waals surface area contributed by atoms with Gasteiger partial charge in [0.2, 0.25) is 15.9 Å². The molecule has 7 nitrogen and oxygen atoms in total. The van der Waals surface area contributed by atoms with Crippen LogP contribution in [0.1, 0.15) is 12.5 Å². The van der Waals surface area contributed by atoms with Crippen molar-refractivity contribution in [3.63, 3.8) is 0 Å². The number of sulfonamides is 1. The van der Waals surface area contributed by atoms with E-state index >= 15 is 0 Å². The summed E-state index contributed by atoms with van der Waals surface area (Å²) in [5.74, 6) is 0.946. The number of benzene rings is 2. The van der Waals surface area contributed by atoms with Crippen molar-refractivity contribution in [1.82, 2.24) is 4.90 Å². The Bertz CT molecular complexity index is 912. The molecule has 0 unspecified atom stereocenters. The van der Waals surface area contributed by atoms with Gasteiger partial charge < -0.3 is 14.4 Å². The summed E-state index contributed by atoms with van der Waals surface area (Å²) in [6, 6.07) is 13.0.